The lowest BCUT2D eigenvalue weighted by Crippen LogP contribution is -2.28. The van der Waals surface area contributed by atoms with Crippen molar-refractivity contribution >= 4 is 17.5 Å². The molecule has 0 saturated carbocycles. The molecule has 0 spiro atoms. The number of halogens is 1. The molecule has 1 N–H and O–H groups in total. The van der Waals surface area contributed by atoms with Gasteiger partial charge in [-0.25, -0.2) is 4.39 Å². The first-order chi connectivity index (χ1) is 11.5. The normalized spacial score (nSPS) is 17.2. The minimum absolute atomic E-state index is 0.0324. The molecule has 124 valence electrons. The largest absolute Gasteiger partial charge is 0.338 e. The number of benzene rings is 2. The molecule has 4 nitrogen and oxygen atoms in total. The number of amides is 2. The number of hydrogen-bond acceptors (Lipinski definition) is 2. The Balaban J connectivity index is 1.64. The number of carbonyl (C=O) groups is 2. The molecule has 5 heteroatoms. The second kappa shape index (κ2) is 6.83. The minimum atomic E-state index is -0.413. The summed E-state index contributed by atoms with van der Waals surface area (Å²) in [6.07, 6.45) is 0.188. The smallest absolute Gasteiger partial charge is 0.229 e. The predicted octanol–water partition coefficient (Wildman–Crippen LogP) is 3.12. The fourth-order valence-corrected chi connectivity index (χ4v) is 2.87. The van der Waals surface area contributed by atoms with Crippen LogP contribution in [0, 0.1) is 18.7 Å². The quantitative estimate of drug-likeness (QED) is 0.938. The van der Waals surface area contributed by atoms with Crippen molar-refractivity contribution in [2.45, 2.75) is 19.9 Å². The molecular formula is C19H19FN2O2. The summed E-state index contributed by atoms with van der Waals surface area (Å²) >= 11 is 0. The topological polar surface area (TPSA) is 49.4 Å². The van der Waals surface area contributed by atoms with E-state index in [-0.39, 0.29) is 18.2 Å². The third-order valence-electron chi connectivity index (χ3n) is 4.26. The van der Waals surface area contributed by atoms with Gasteiger partial charge in [0.25, 0.3) is 0 Å². The molecule has 3 rings (SSSR count). The molecule has 1 aliphatic rings. The van der Waals surface area contributed by atoms with Gasteiger partial charge in [0.15, 0.2) is 0 Å². The Morgan fingerprint density at radius 2 is 2.00 bits per heavy atom. The molecule has 1 atom stereocenters. The lowest BCUT2D eigenvalue weighted by atomic mass is 10.1. The van der Waals surface area contributed by atoms with Gasteiger partial charge in [-0.05, 0) is 30.2 Å². The van der Waals surface area contributed by atoms with Gasteiger partial charge in [-0.15, -0.1) is 0 Å². The van der Waals surface area contributed by atoms with E-state index in [1.165, 1.54) is 12.1 Å². The van der Waals surface area contributed by atoms with Gasteiger partial charge in [0.2, 0.25) is 11.8 Å². The molecule has 0 aliphatic carbocycles. The van der Waals surface area contributed by atoms with E-state index in [9.17, 15) is 14.0 Å². The molecule has 1 aliphatic heterocycles. The van der Waals surface area contributed by atoms with Crippen LogP contribution >= 0.6 is 0 Å². The van der Waals surface area contributed by atoms with Crippen LogP contribution in [0.15, 0.2) is 48.5 Å². The second-order valence-electron chi connectivity index (χ2n) is 6.11. The van der Waals surface area contributed by atoms with Crippen LogP contribution in [0.1, 0.15) is 17.5 Å². The van der Waals surface area contributed by atoms with Gasteiger partial charge >= 0.3 is 0 Å². The summed E-state index contributed by atoms with van der Waals surface area (Å²) in [5, 5.41) is 2.74. The van der Waals surface area contributed by atoms with E-state index >= 15 is 0 Å². The summed E-state index contributed by atoms with van der Waals surface area (Å²) < 4.78 is 13.3. The number of likely N-dealkylation sites (tertiary alicyclic amines) is 1. The van der Waals surface area contributed by atoms with Crippen molar-refractivity contribution in [2.24, 2.45) is 5.92 Å². The summed E-state index contributed by atoms with van der Waals surface area (Å²) in [4.78, 5) is 26.3. The van der Waals surface area contributed by atoms with Crippen molar-refractivity contribution in [3.8, 4) is 0 Å². The molecule has 0 radical (unpaired) electrons. The first-order valence-electron chi connectivity index (χ1n) is 7.91. The summed E-state index contributed by atoms with van der Waals surface area (Å²) in [5.74, 6) is -1.09. The maximum Gasteiger partial charge on any atom is 0.229 e. The maximum absolute atomic E-state index is 13.3. The summed E-state index contributed by atoms with van der Waals surface area (Å²) in [6, 6.07) is 13.9. The fraction of sp³-hybridized carbons (Fsp3) is 0.263. The molecule has 2 aromatic carbocycles. The number of rotatable bonds is 4. The Bertz CT molecular complexity index is 761. The first-order valence-corrected chi connectivity index (χ1v) is 7.91. The monoisotopic (exact) mass is 326 g/mol. The Morgan fingerprint density at radius 1 is 1.25 bits per heavy atom. The average molecular weight is 326 g/mol. The Kier molecular flexibility index (Phi) is 4.60. The molecule has 0 aromatic heterocycles. The highest BCUT2D eigenvalue weighted by Crippen LogP contribution is 2.23. The van der Waals surface area contributed by atoms with Gasteiger partial charge in [-0.2, -0.15) is 0 Å². The van der Waals surface area contributed by atoms with Gasteiger partial charge in [-0.3, -0.25) is 9.59 Å². The van der Waals surface area contributed by atoms with Crippen LogP contribution in [0.5, 0.6) is 0 Å². The van der Waals surface area contributed by atoms with Crippen molar-refractivity contribution < 1.29 is 14.0 Å². The maximum atomic E-state index is 13.3. The van der Waals surface area contributed by atoms with E-state index in [1.54, 1.807) is 17.9 Å². The number of anilines is 1. The third-order valence-corrected chi connectivity index (χ3v) is 4.26. The average Bonchev–Trinajstić information content (AvgIpc) is 2.93. The molecule has 1 fully saturated rings. The van der Waals surface area contributed by atoms with Crippen molar-refractivity contribution in [1.82, 2.24) is 4.90 Å². The van der Waals surface area contributed by atoms with E-state index in [0.29, 0.717) is 18.8 Å². The van der Waals surface area contributed by atoms with Crippen LogP contribution < -0.4 is 5.32 Å². The molecule has 0 bridgehead atoms. The Hall–Kier alpha value is -2.69. The second-order valence-corrected chi connectivity index (χ2v) is 6.11. The van der Waals surface area contributed by atoms with E-state index < -0.39 is 11.7 Å². The molecule has 2 aromatic rings. The molecule has 2 amide bonds. The van der Waals surface area contributed by atoms with Crippen LogP contribution in [-0.4, -0.2) is 23.3 Å². The van der Waals surface area contributed by atoms with Crippen LogP contribution in [0.2, 0.25) is 0 Å². The lowest BCUT2D eigenvalue weighted by Gasteiger charge is -2.17. The van der Waals surface area contributed by atoms with Crippen molar-refractivity contribution in [3.05, 3.63) is 65.5 Å². The zero-order valence-electron chi connectivity index (χ0n) is 13.5. The molecule has 24 heavy (non-hydrogen) atoms. The van der Waals surface area contributed by atoms with E-state index in [4.69, 9.17) is 0 Å². The van der Waals surface area contributed by atoms with Crippen LogP contribution in [0.3, 0.4) is 0 Å². The first kappa shape index (κ1) is 16.2. The van der Waals surface area contributed by atoms with Crippen LogP contribution in [-0.2, 0) is 16.1 Å². The van der Waals surface area contributed by atoms with E-state index in [1.807, 2.05) is 30.3 Å². The van der Waals surface area contributed by atoms with Gasteiger partial charge in [0.1, 0.15) is 5.82 Å². The van der Waals surface area contributed by atoms with Crippen LogP contribution in [0.4, 0.5) is 10.1 Å². The number of aryl methyl sites for hydroxylation is 1. The van der Waals surface area contributed by atoms with E-state index in [2.05, 4.69) is 5.32 Å². The van der Waals surface area contributed by atoms with Crippen molar-refractivity contribution in [2.75, 3.05) is 11.9 Å². The minimum Gasteiger partial charge on any atom is -0.338 e. The lowest BCUT2D eigenvalue weighted by molar-refractivity contribution is -0.128. The number of nitrogens with one attached hydrogen (secondary N) is 1. The summed E-state index contributed by atoms with van der Waals surface area (Å²) in [7, 11) is 0. The standard InChI is InChI=1S/C19H19FN2O2/c1-13-7-8-16(20)10-17(13)21-19(24)15-9-18(23)22(12-15)11-14-5-3-2-4-6-14/h2-8,10,15H,9,11-12H2,1H3,(H,21,24)/t15-/m1/s1. The van der Waals surface area contributed by atoms with E-state index in [0.717, 1.165) is 11.1 Å². The van der Waals surface area contributed by atoms with Crippen LogP contribution in [0.25, 0.3) is 0 Å². The van der Waals surface area contributed by atoms with Gasteiger partial charge in [0, 0.05) is 25.2 Å². The molecule has 1 saturated heterocycles. The SMILES string of the molecule is Cc1ccc(F)cc1NC(=O)[C@@H]1CC(=O)N(Cc2ccccc2)C1. The Labute approximate surface area is 140 Å². The zero-order valence-corrected chi connectivity index (χ0v) is 13.5. The van der Waals surface area contributed by atoms with Crippen molar-refractivity contribution in [1.29, 1.82) is 0 Å². The summed E-state index contributed by atoms with van der Waals surface area (Å²) in [6.45, 7) is 2.69. The number of hydrogen-bond donors (Lipinski definition) is 1. The zero-order chi connectivity index (χ0) is 17.1. The molecule has 0 unspecified atom stereocenters. The Morgan fingerprint density at radius 3 is 2.75 bits per heavy atom. The fourth-order valence-electron chi connectivity index (χ4n) is 2.87. The number of carbonyl (C=O) groups excluding carboxylic acids is 2. The predicted molar refractivity (Wildman–Crippen MR) is 89.7 cm³/mol. The number of nitrogens with zero attached hydrogens (tertiary/aromatic N) is 1. The highest BCUT2D eigenvalue weighted by atomic mass is 19.1. The summed E-state index contributed by atoms with van der Waals surface area (Å²) in [5.41, 5.74) is 2.28. The molecular weight excluding hydrogens is 307 g/mol. The highest BCUT2D eigenvalue weighted by molar-refractivity contribution is 5.97. The van der Waals surface area contributed by atoms with Crippen molar-refractivity contribution in [3.63, 3.8) is 0 Å². The highest BCUT2D eigenvalue weighted by Gasteiger charge is 2.34. The van der Waals surface area contributed by atoms with Gasteiger partial charge in [0.05, 0.1) is 5.92 Å². The van der Waals surface area contributed by atoms with Gasteiger partial charge < -0.3 is 10.2 Å². The molecule has 1 heterocycles. The third kappa shape index (κ3) is 3.62. The van der Waals surface area contributed by atoms with Gasteiger partial charge in [-0.1, -0.05) is 36.4 Å².